The Morgan fingerprint density at radius 2 is 2.29 bits per heavy atom. The van der Waals surface area contributed by atoms with Crippen molar-refractivity contribution in [2.45, 2.75) is 13.3 Å². The van der Waals surface area contributed by atoms with Crippen LogP contribution in [-0.4, -0.2) is 12.9 Å². The first-order chi connectivity index (χ1) is 6.69. The van der Waals surface area contributed by atoms with Gasteiger partial charge in [-0.25, -0.2) is 0 Å². The minimum absolute atomic E-state index is 0.0887. The van der Waals surface area contributed by atoms with Crippen molar-refractivity contribution in [1.29, 1.82) is 0 Å². The fourth-order valence-corrected chi connectivity index (χ4v) is 1.30. The van der Waals surface area contributed by atoms with E-state index in [0.717, 1.165) is 11.3 Å². The maximum atomic E-state index is 11.5. The number of Topliss-reactive ketones (excluding diaryl/α,β-unsaturated/α-hetero) is 1. The Morgan fingerprint density at radius 3 is 2.79 bits per heavy atom. The van der Waals surface area contributed by atoms with Gasteiger partial charge in [-0.15, -0.1) is 6.58 Å². The minimum Gasteiger partial charge on any atom is -0.496 e. The fraction of sp³-hybridized carbons (Fsp3) is 0.250. The summed E-state index contributed by atoms with van der Waals surface area (Å²) in [5.41, 5.74) is 1.69. The summed E-state index contributed by atoms with van der Waals surface area (Å²) in [4.78, 5) is 11.5. The second-order valence-corrected chi connectivity index (χ2v) is 3.10. The molecule has 0 spiro atoms. The minimum atomic E-state index is 0.0887. The SMILES string of the molecule is C=CCC(=O)c1ccc(OC)c(C)c1. The zero-order chi connectivity index (χ0) is 10.6. The molecule has 0 aromatic heterocycles. The Hall–Kier alpha value is -1.57. The Morgan fingerprint density at radius 1 is 1.57 bits per heavy atom. The average molecular weight is 190 g/mol. The molecule has 0 heterocycles. The van der Waals surface area contributed by atoms with Crippen LogP contribution in [0.5, 0.6) is 5.75 Å². The van der Waals surface area contributed by atoms with Crippen LogP contribution in [0, 0.1) is 6.92 Å². The largest absolute Gasteiger partial charge is 0.496 e. The topological polar surface area (TPSA) is 26.3 Å². The van der Waals surface area contributed by atoms with E-state index in [1.165, 1.54) is 0 Å². The van der Waals surface area contributed by atoms with Gasteiger partial charge in [-0.1, -0.05) is 6.08 Å². The van der Waals surface area contributed by atoms with Gasteiger partial charge in [0.05, 0.1) is 7.11 Å². The van der Waals surface area contributed by atoms with Crippen molar-refractivity contribution in [2.24, 2.45) is 0 Å². The van der Waals surface area contributed by atoms with Crippen LogP contribution < -0.4 is 4.74 Å². The Labute approximate surface area is 84.2 Å². The smallest absolute Gasteiger partial charge is 0.166 e. The Kier molecular flexibility index (Phi) is 3.46. The van der Waals surface area contributed by atoms with E-state index in [4.69, 9.17) is 4.74 Å². The summed E-state index contributed by atoms with van der Waals surface area (Å²) in [6.45, 7) is 5.46. The van der Waals surface area contributed by atoms with Crippen molar-refractivity contribution in [3.63, 3.8) is 0 Å². The summed E-state index contributed by atoms with van der Waals surface area (Å²) in [5.74, 6) is 0.894. The highest BCUT2D eigenvalue weighted by molar-refractivity contribution is 5.97. The number of allylic oxidation sites excluding steroid dienone is 1. The van der Waals surface area contributed by atoms with E-state index < -0.39 is 0 Å². The maximum Gasteiger partial charge on any atom is 0.166 e. The number of ether oxygens (including phenoxy) is 1. The first-order valence-electron chi connectivity index (χ1n) is 4.47. The molecule has 1 aromatic rings. The third kappa shape index (κ3) is 2.22. The number of rotatable bonds is 4. The third-order valence-corrected chi connectivity index (χ3v) is 2.05. The molecule has 0 bridgehead atoms. The summed E-state index contributed by atoms with van der Waals surface area (Å²) < 4.78 is 5.11. The quantitative estimate of drug-likeness (QED) is 0.539. The molecule has 0 aliphatic rings. The standard InChI is InChI=1S/C12H14O2/c1-4-5-11(13)10-6-7-12(14-3)9(2)8-10/h4,6-8H,1,5H2,2-3H3. The van der Waals surface area contributed by atoms with Gasteiger partial charge in [0.25, 0.3) is 0 Å². The third-order valence-electron chi connectivity index (χ3n) is 2.05. The maximum absolute atomic E-state index is 11.5. The normalized spacial score (nSPS) is 9.57. The number of carbonyl (C=O) groups is 1. The van der Waals surface area contributed by atoms with Crippen LogP contribution in [0.2, 0.25) is 0 Å². The van der Waals surface area contributed by atoms with Crippen molar-refractivity contribution in [1.82, 2.24) is 0 Å². The number of ketones is 1. The molecule has 0 saturated heterocycles. The molecule has 0 aliphatic carbocycles. The van der Waals surface area contributed by atoms with E-state index in [9.17, 15) is 4.79 Å². The van der Waals surface area contributed by atoms with Gasteiger partial charge < -0.3 is 4.74 Å². The van der Waals surface area contributed by atoms with Gasteiger partial charge in [0.1, 0.15) is 5.75 Å². The highest BCUT2D eigenvalue weighted by atomic mass is 16.5. The van der Waals surface area contributed by atoms with E-state index in [1.807, 2.05) is 19.1 Å². The lowest BCUT2D eigenvalue weighted by Crippen LogP contribution is -1.98. The van der Waals surface area contributed by atoms with E-state index in [0.29, 0.717) is 12.0 Å². The molecule has 1 aromatic carbocycles. The molecule has 14 heavy (non-hydrogen) atoms. The van der Waals surface area contributed by atoms with Crippen LogP contribution in [0.4, 0.5) is 0 Å². The monoisotopic (exact) mass is 190 g/mol. The van der Waals surface area contributed by atoms with E-state index in [2.05, 4.69) is 6.58 Å². The van der Waals surface area contributed by atoms with Gasteiger partial charge in [-0.2, -0.15) is 0 Å². The molecule has 74 valence electrons. The number of carbonyl (C=O) groups excluding carboxylic acids is 1. The second-order valence-electron chi connectivity index (χ2n) is 3.10. The number of hydrogen-bond acceptors (Lipinski definition) is 2. The lowest BCUT2D eigenvalue weighted by molar-refractivity contribution is 0.0996. The lowest BCUT2D eigenvalue weighted by Gasteiger charge is -2.05. The highest BCUT2D eigenvalue weighted by Gasteiger charge is 2.05. The zero-order valence-corrected chi connectivity index (χ0v) is 8.54. The molecule has 0 saturated carbocycles. The zero-order valence-electron chi connectivity index (χ0n) is 8.54. The molecule has 2 heteroatoms. The second kappa shape index (κ2) is 4.61. The first-order valence-corrected chi connectivity index (χ1v) is 4.47. The van der Waals surface area contributed by atoms with Crippen LogP contribution >= 0.6 is 0 Å². The Balaban J connectivity index is 2.96. The van der Waals surface area contributed by atoms with Crippen molar-refractivity contribution in [2.75, 3.05) is 7.11 Å². The number of benzene rings is 1. The molecule has 0 N–H and O–H groups in total. The average Bonchev–Trinajstić information content (AvgIpc) is 2.18. The predicted molar refractivity (Wildman–Crippen MR) is 56.9 cm³/mol. The molecule has 0 fully saturated rings. The van der Waals surface area contributed by atoms with E-state index in [-0.39, 0.29) is 5.78 Å². The molecule has 0 amide bonds. The molecular weight excluding hydrogens is 176 g/mol. The molecule has 0 unspecified atom stereocenters. The van der Waals surface area contributed by atoms with Gasteiger partial charge >= 0.3 is 0 Å². The molecule has 0 atom stereocenters. The van der Waals surface area contributed by atoms with Crippen LogP contribution in [-0.2, 0) is 0 Å². The van der Waals surface area contributed by atoms with Gasteiger partial charge in [0.2, 0.25) is 0 Å². The van der Waals surface area contributed by atoms with Gasteiger partial charge in [0, 0.05) is 12.0 Å². The molecule has 0 radical (unpaired) electrons. The summed E-state index contributed by atoms with van der Waals surface area (Å²) >= 11 is 0. The molecule has 1 rings (SSSR count). The van der Waals surface area contributed by atoms with Crippen molar-refractivity contribution in [3.8, 4) is 5.75 Å². The number of hydrogen-bond donors (Lipinski definition) is 0. The van der Waals surface area contributed by atoms with Crippen molar-refractivity contribution >= 4 is 5.78 Å². The van der Waals surface area contributed by atoms with Gasteiger partial charge in [-0.3, -0.25) is 4.79 Å². The Bertz CT molecular complexity index is 353. The highest BCUT2D eigenvalue weighted by Crippen LogP contribution is 2.19. The van der Waals surface area contributed by atoms with E-state index >= 15 is 0 Å². The number of aryl methyl sites for hydroxylation is 1. The van der Waals surface area contributed by atoms with Crippen LogP contribution in [0.1, 0.15) is 22.3 Å². The lowest BCUT2D eigenvalue weighted by atomic mass is 10.1. The van der Waals surface area contributed by atoms with Gasteiger partial charge in [0.15, 0.2) is 5.78 Å². The molecular formula is C12H14O2. The van der Waals surface area contributed by atoms with Crippen molar-refractivity contribution in [3.05, 3.63) is 42.0 Å². The summed E-state index contributed by atoms with van der Waals surface area (Å²) in [6, 6.07) is 5.42. The van der Waals surface area contributed by atoms with Crippen molar-refractivity contribution < 1.29 is 9.53 Å². The fourth-order valence-electron chi connectivity index (χ4n) is 1.30. The van der Waals surface area contributed by atoms with Crippen LogP contribution in [0.25, 0.3) is 0 Å². The van der Waals surface area contributed by atoms with E-state index in [1.54, 1.807) is 19.3 Å². The summed E-state index contributed by atoms with van der Waals surface area (Å²) in [7, 11) is 1.62. The van der Waals surface area contributed by atoms with Crippen LogP contribution in [0.15, 0.2) is 30.9 Å². The van der Waals surface area contributed by atoms with Gasteiger partial charge in [-0.05, 0) is 30.7 Å². The molecule has 2 nitrogen and oxygen atoms in total. The number of methoxy groups -OCH3 is 1. The molecule has 0 aliphatic heterocycles. The summed E-state index contributed by atoms with van der Waals surface area (Å²) in [6.07, 6.45) is 1.99. The first kappa shape index (κ1) is 10.5. The predicted octanol–water partition coefficient (Wildman–Crippen LogP) is 2.76. The summed E-state index contributed by atoms with van der Waals surface area (Å²) in [5, 5.41) is 0. The van der Waals surface area contributed by atoms with Crippen LogP contribution in [0.3, 0.4) is 0 Å².